The first-order valence-corrected chi connectivity index (χ1v) is 6.75. The molecule has 0 aromatic heterocycles. The molecular formula is C16H16N2O3. The molecule has 0 aliphatic carbocycles. The highest BCUT2D eigenvalue weighted by molar-refractivity contribution is 5.97. The smallest absolute Gasteiger partial charge is 0.265 e. The zero-order chi connectivity index (χ0) is 14.7. The minimum Gasteiger partial charge on any atom is -0.490 e. The average molecular weight is 284 g/mol. The zero-order valence-electron chi connectivity index (χ0n) is 11.5. The third-order valence-corrected chi connectivity index (χ3v) is 3.30. The Morgan fingerprint density at radius 1 is 1.14 bits per heavy atom. The third kappa shape index (κ3) is 2.76. The van der Waals surface area contributed by atoms with Gasteiger partial charge in [-0.3, -0.25) is 4.79 Å². The van der Waals surface area contributed by atoms with Crippen LogP contribution >= 0.6 is 0 Å². The summed E-state index contributed by atoms with van der Waals surface area (Å²) in [5.74, 6) is 1.28. The molecule has 1 amide bonds. The number of amides is 1. The molecule has 0 atom stereocenters. The molecule has 21 heavy (non-hydrogen) atoms. The molecule has 1 heterocycles. The Morgan fingerprint density at radius 3 is 2.76 bits per heavy atom. The minimum atomic E-state index is -0.0710. The zero-order valence-corrected chi connectivity index (χ0v) is 11.5. The van der Waals surface area contributed by atoms with Gasteiger partial charge in [-0.1, -0.05) is 24.3 Å². The van der Waals surface area contributed by atoms with E-state index in [-0.39, 0.29) is 12.5 Å². The largest absolute Gasteiger partial charge is 0.490 e. The lowest BCUT2D eigenvalue weighted by molar-refractivity contribution is -0.121. The topological polar surface area (TPSA) is 64.8 Å². The summed E-state index contributed by atoms with van der Waals surface area (Å²) >= 11 is 0. The predicted octanol–water partition coefficient (Wildman–Crippen LogP) is 2.07. The van der Waals surface area contributed by atoms with E-state index in [2.05, 4.69) is 0 Å². The van der Waals surface area contributed by atoms with Crippen molar-refractivity contribution in [2.24, 2.45) is 0 Å². The van der Waals surface area contributed by atoms with Gasteiger partial charge in [-0.25, -0.2) is 0 Å². The summed E-state index contributed by atoms with van der Waals surface area (Å²) in [5, 5.41) is 0. The number of hydrogen-bond donors (Lipinski definition) is 1. The van der Waals surface area contributed by atoms with Crippen LogP contribution in [0.3, 0.4) is 0 Å². The quantitative estimate of drug-likeness (QED) is 0.873. The van der Waals surface area contributed by atoms with Gasteiger partial charge in [0.2, 0.25) is 0 Å². The number of nitrogen functional groups attached to an aromatic ring is 1. The van der Waals surface area contributed by atoms with E-state index in [1.807, 2.05) is 42.5 Å². The summed E-state index contributed by atoms with van der Waals surface area (Å²) in [7, 11) is 0. The molecule has 108 valence electrons. The number of nitrogens with zero attached hydrogens (tertiary/aromatic N) is 1. The number of hydrogen-bond acceptors (Lipinski definition) is 4. The highest BCUT2D eigenvalue weighted by Gasteiger charge is 2.24. The number of benzene rings is 2. The van der Waals surface area contributed by atoms with Gasteiger partial charge in [0.05, 0.1) is 17.9 Å². The summed E-state index contributed by atoms with van der Waals surface area (Å²) in [5.41, 5.74) is 7.18. The molecule has 1 aliphatic rings. The van der Waals surface area contributed by atoms with Gasteiger partial charge in [-0.2, -0.15) is 0 Å². The summed E-state index contributed by atoms with van der Waals surface area (Å²) in [6.07, 6.45) is 0. The first-order chi connectivity index (χ1) is 10.3. The predicted molar refractivity (Wildman–Crippen MR) is 80.6 cm³/mol. The molecule has 1 aliphatic heterocycles. The van der Waals surface area contributed by atoms with Crippen molar-refractivity contribution in [2.75, 3.05) is 30.4 Å². The molecule has 3 rings (SSSR count). The van der Waals surface area contributed by atoms with Crippen LogP contribution in [0.2, 0.25) is 0 Å². The molecule has 0 radical (unpaired) electrons. The molecule has 5 nitrogen and oxygen atoms in total. The Kier molecular flexibility index (Phi) is 3.64. The summed E-state index contributed by atoms with van der Waals surface area (Å²) in [6, 6.07) is 14.8. The number of fused-ring (bicyclic) bond motifs is 1. The van der Waals surface area contributed by atoms with Crippen LogP contribution in [0.15, 0.2) is 48.5 Å². The number of carbonyl (C=O) groups is 1. The number of ether oxygens (including phenoxy) is 2. The lowest BCUT2D eigenvalue weighted by Crippen LogP contribution is -2.41. The normalized spacial score (nSPS) is 13.5. The van der Waals surface area contributed by atoms with Gasteiger partial charge in [0, 0.05) is 0 Å². The monoisotopic (exact) mass is 284 g/mol. The van der Waals surface area contributed by atoms with E-state index in [1.165, 1.54) is 0 Å². The molecule has 5 heteroatoms. The van der Waals surface area contributed by atoms with Crippen LogP contribution in [0.5, 0.6) is 11.5 Å². The van der Waals surface area contributed by atoms with Crippen molar-refractivity contribution >= 4 is 17.3 Å². The van der Waals surface area contributed by atoms with Gasteiger partial charge in [0.25, 0.3) is 5.91 Å². The fraction of sp³-hybridized carbons (Fsp3) is 0.188. The summed E-state index contributed by atoms with van der Waals surface area (Å²) in [6.45, 7) is 0.881. The van der Waals surface area contributed by atoms with Crippen LogP contribution in [0.1, 0.15) is 0 Å². The van der Waals surface area contributed by atoms with Gasteiger partial charge >= 0.3 is 0 Å². The number of rotatable bonds is 4. The Hall–Kier alpha value is -2.69. The summed E-state index contributed by atoms with van der Waals surface area (Å²) < 4.78 is 11.0. The second-order valence-electron chi connectivity index (χ2n) is 4.69. The van der Waals surface area contributed by atoms with E-state index in [9.17, 15) is 4.79 Å². The van der Waals surface area contributed by atoms with E-state index in [1.54, 1.807) is 11.0 Å². The molecule has 0 spiro atoms. The van der Waals surface area contributed by atoms with Crippen molar-refractivity contribution in [3.8, 4) is 11.5 Å². The average Bonchev–Trinajstić information content (AvgIpc) is 2.51. The highest BCUT2D eigenvalue weighted by Crippen LogP contribution is 2.31. The van der Waals surface area contributed by atoms with Gasteiger partial charge < -0.3 is 20.1 Å². The van der Waals surface area contributed by atoms with Crippen LogP contribution in [0, 0.1) is 0 Å². The lowest BCUT2D eigenvalue weighted by atomic mass is 10.2. The van der Waals surface area contributed by atoms with Gasteiger partial charge in [-0.15, -0.1) is 0 Å². The first kappa shape index (κ1) is 13.3. The lowest BCUT2D eigenvalue weighted by Gasteiger charge is -2.29. The van der Waals surface area contributed by atoms with E-state index in [0.29, 0.717) is 24.6 Å². The van der Waals surface area contributed by atoms with E-state index < -0.39 is 0 Å². The second kappa shape index (κ2) is 5.75. The SMILES string of the molecule is Nc1ccccc1OCCN1C(=O)COc2ccccc21. The fourth-order valence-corrected chi connectivity index (χ4v) is 2.26. The molecule has 0 fully saturated rings. The van der Waals surface area contributed by atoms with Gasteiger partial charge in [0.15, 0.2) is 6.61 Å². The Balaban J connectivity index is 1.68. The fourth-order valence-electron chi connectivity index (χ4n) is 2.26. The van der Waals surface area contributed by atoms with Crippen molar-refractivity contribution in [3.05, 3.63) is 48.5 Å². The van der Waals surface area contributed by atoms with Crippen molar-refractivity contribution in [3.63, 3.8) is 0 Å². The van der Waals surface area contributed by atoms with Crippen LogP contribution in [0.25, 0.3) is 0 Å². The molecule has 0 saturated heterocycles. The maximum absolute atomic E-state index is 12.0. The third-order valence-electron chi connectivity index (χ3n) is 3.30. The van der Waals surface area contributed by atoms with Crippen molar-refractivity contribution in [1.29, 1.82) is 0 Å². The minimum absolute atomic E-state index is 0.0600. The molecule has 2 aromatic carbocycles. The Morgan fingerprint density at radius 2 is 1.90 bits per heavy atom. The molecule has 0 bridgehead atoms. The maximum atomic E-state index is 12.0. The number of carbonyl (C=O) groups excluding carboxylic acids is 1. The van der Waals surface area contributed by atoms with Crippen molar-refractivity contribution in [2.45, 2.75) is 0 Å². The molecule has 0 saturated carbocycles. The van der Waals surface area contributed by atoms with Gasteiger partial charge in [-0.05, 0) is 24.3 Å². The number of anilines is 2. The van der Waals surface area contributed by atoms with Crippen LogP contribution in [-0.2, 0) is 4.79 Å². The second-order valence-corrected chi connectivity index (χ2v) is 4.69. The van der Waals surface area contributed by atoms with Crippen LogP contribution < -0.4 is 20.1 Å². The maximum Gasteiger partial charge on any atom is 0.265 e. The van der Waals surface area contributed by atoms with Crippen LogP contribution in [0.4, 0.5) is 11.4 Å². The Labute approximate surface area is 122 Å². The van der Waals surface area contributed by atoms with E-state index >= 15 is 0 Å². The van der Waals surface area contributed by atoms with Crippen molar-refractivity contribution in [1.82, 2.24) is 0 Å². The van der Waals surface area contributed by atoms with E-state index in [0.717, 1.165) is 11.4 Å². The molecule has 2 aromatic rings. The molecule has 0 unspecified atom stereocenters. The Bertz CT molecular complexity index is 657. The van der Waals surface area contributed by atoms with Crippen LogP contribution in [-0.4, -0.2) is 25.7 Å². The van der Waals surface area contributed by atoms with Gasteiger partial charge in [0.1, 0.15) is 18.1 Å². The van der Waals surface area contributed by atoms with Crippen molar-refractivity contribution < 1.29 is 14.3 Å². The molecular weight excluding hydrogens is 268 g/mol. The number of para-hydroxylation sites is 4. The van der Waals surface area contributed by atoms with E-state index in [4.69, 9.17) is 15.2 Å². The summed E-state index contributed by atoms with van der Waals surface area (Å²) in [4.78, 5) is 13.7. The standard InChI is InChI=1S/C16H16N2O3/c17-12-5-1-3-7-14(12)20-10-9-18-13-6-2-4-8-15(13)21-11-16(18)19/h1-8H,9-11,17H2. The highest BCUT2D eigenvalue weighted by atomic mass is 16.5. The number of nitrogens with two attached hydrogens (primary N) is 1. The molecule has 2 N–H and O–H groups in total. The first-order valence-electron chi connectivity index (χ1n) is 6.75.